The van der Waals surface area contributed by atoms with Crippen LogP contribution in [0.15, 0.2) is 21.9 Å². The summed E-state index contributed by atoms with van der Waals surface area (Å²) >= 11 is 0. The van der Waals surface area contributed by atoms with Crippen LogP contribution in [0.2, 0.25) is 0 Å². The van der Waals surface area contributed by atoms with E-state index in [1.54, 1.807) is 0 Å². The number of aromatic amines is 1. The molecule has 2 unspecified atom stereocenters. The second-order valence-electron chi connectivity index (χ2n) is 7.68. The van der Waals surface area contributed by atoms with E-state index >= 15 is 0 Å². The molecule has 2 aliphatic heterocycles. The molecule has 2 saturated heterocycles. The van der Waals surface area contributed by atoms with Gasteiger partial charge in [-0.05, 0) is 0 Å². The number of hydrogen-bond acceptors (Lipinski definition) is 15. The van der Waals surface area contributed by atoms with Crippen molar-refractivity contribution in [3.8, 4) is 0 Å². The van der Waals surface area contributed by atoms with Crippen LogP contribution in [0, 0.1) is 0 Å². The minimum atomic E-state index is -5.59. The van der Waals surface area contributed by atoms with Crippen LogP contribution in [-0.2, 0) is 32.0 Å². The zero-order valence-corrected chi connectivity index (χ0v) is 19.6. The zero-order chi connectivity index (χ0) is 27.0. The van der Waals surface area contributed by atoms with Crippen LogP contribution in [0.1, 0.15) is 6.23 Å². The van der Waals surface area contributed by atoms with E-state index in [2.05, 4.69) is 13.4 Å². The van der Waals surface area contributed by atoms with Gasteiger partial charge in [0.15, 0.2) is 12.5 Å². The lowest BCUT2D eigenvalue weighted by atomic mass is 10.00. The molecule has 0 radical (unpaired) electrons. The Morgan fingerprint density at radius 2 is 1.56 bits per heavy atom. The van der Waals surface area contributed by atoms with E-state index in [1.165, 1.54) is 0 Å². The molecule has 0 amide bonds. The maximum atomic E-state index is 12.2. The normalized spacial score (nSPS) is 38.4. The molecular weight excluding hydrogens is 542 g/mol. The van der Waals surface area contributed by atoms with Gasteiger partial charge >= 0.3 is 21.3 Å². The van der Waals surface area contributed by atoms with Crippen molar-refractivity contribution in [3.05, 3.63) is 33.1 Å². The Morgan fingerprint density at radius 3 is 2.17 bits per heavy atom. The van der Waals surface area contributed by atoms with Crippen molar-refractivity contribution < 1.29 is 72.4 Å². The van der Waals surface area contributed by atoms with Gasteiger partial charge in [0.1, 0.15) is 42.7 Å². The molecule has 206 valence electrons. The fraction of sp³-hybridized carbons (Fsp3) is 0.733. The predicted molar refractivity (Wildman–Crippen MR) is 109 cm³/mol. The van der Waals surface area contributed by atoms with Gasteiger partial charge in [-0.2, -0.15) is 4.31 Å². The molecule has 0 spiro atoms. The predicted octanol–water partition coefficient (Wildman–Crippen LogP) is -4.79. The van der Waals surface area contributed by atoms with Crippen molar-refractivity contribution in [1.29, 1.82) is 0 Å². The van der Waals surface area contributed by atoms with Crippen LogP contribution >= 0.6 is 15.6 Å². The first-order valence-electron chi connectivity index (χ1n) is 9.99. The average Bonchev–Trinajstić information content (AvgIpc) is 3.06. The molecule has 0 bridgehead atoms. The number of aromatic nitrogens is 2. The summed E-state index contributed by atoms with van der Waals surface area (Å²) < 4.78 is 48.1. The monoisotopic (exact) mass is 566 g/mol. The van der Waals surface area contributed by atoms with Crippen molar-refractivity contribution in [2.75, 3.05) is 13.2 Å². The van der Waals surface area contributed by atoms with Crippen molar-refractivity contribution in [2.24, 2.45) is 0 Å². The third kappa shape index (κ3) is 6.54. The third-order valence-electron chi connectivity index (χ3n) is 5.16. The molecule has 0 saturated carbocycles. The summed E-state index contributed by atoms with van der Waals surface area (Å²) in [6, 6.07) is 0.928. The summed E-state index contributed by atoms with van der Waals surface area (Å²) in [5.74, 6) is 0. The van der Waals surface area contributed by atoms with Gasteiger partial charge in [-0.3, -0.25) is 23.4 Å². The van der Waals surface area contributed by atoms with Gasteiger partial charge in [-0.15, -0.1) is 0 Å². The van der Waals surface area contributed by atoms with Gasteiger partial charge in [-0.25, -0.2) is 13.9 Å². The zero-order valence-electron chi connectivity index (χ0n) is 17.9. The second kappa shape index (κ2) is 11.2. The lowest BCUT2D eigenvalue weighted by molar-refractivity contribution is -0.280. The molecule has 1 aromatic rings. The van der Waals surface area contributed by atoms with Gasteiger partial charge < -0.3 is 49.9 Å². The lowest BCUT2D eigenvalue weighted by Gasteiger charge is -2.39. The maximum absolute atomic E-state index is 12.2. The Kier molecular flexibility index (Phi) is 9.05. The highest BCUT2D eigenvalue weighted by molar-refractivity contribution is 7.61. The summed E-state index contributed by atoms with van der Waals surface area (Å²) in [4.78, 5) is 44.5. The molecule has 21 heteroatoms. The van der Waals surface area contributed by atoms with Gasteiger partial charge in [-0.1, -0.05) is 0 Å². The van der Waals surface area contributed by atoms with Crippen molar-refractivity contribution in [2.45, 2.75) is 55.2 Å². The smallest absolute Gasteiger partial charge is 0.394 e. The highest BCUT2D eigenvalue weighted by Gasteiger charge is 2.49. The number of phosphoric ester groups is 2. The fourth-order valence-electron chi connectivity index (χ4n) is 3.35. The molecule has 2 aliphatic rings. The molecule has 3 rings (SSSR count). The van der Waals surface area contributed by atoms with E-state index in [4.69, 9.17) is 14.6 Å². The number of ether oxygens (including phenoxy) is 2. The summed E-state index contributed by atoms with van der Waals surface area (Å²) in [5.41, 5.74) is -1.75. The fourth-order valence-corrected chi connectivity index (χ4v) is 5.51. The van der Waals surface area contributed by atoms with Gasteiger partial charge in [0.2, 0.25) is 0 Å². The average molecular weight is 566 g/mol. The molecule has 3 heterocycles. The summed E-state index contributed by atoms with van der Waals surface area (Å²) in [5, 5.41) is 58.6. The van der Waals surface area contributed by atoms with E-state index < -0.39 is 95.4 Å². The number of aliphatic hydroxyl groups excluding tert-OH is 6. The Labute approximate surface area is 199 Å². The number of phosphoric acid groups is 2. The molecule has 1 aromatic heterocycles. The third-order valence-corrected chi connectivity index (χ3v) is 7.76. The van der Waals surface area contributed by atoms with Crippen LogP contribution < -0.4 is 11.2 Å². The Morgan fingerprint density at radius 1 is 0.917 bits per heavy atom. The van der Waals surface area contributed by atoms with Crippen LogP contribution in [0.4, 0.5) is 0 Å². The number of nitrogens with one attached hydrogen (secondary N) is 1. The van der Waals surface area contributed by atoms with E-state index in [1.807, 2.05) is 4.98 Å². The largest absolute Gasteiger partial charge is 0.483 e. The number of hydrogen-bond donors (Lipinski definition) is 9. The molecule has 2 fully saturated rings. The van der Waals surface area contributed by atoms with E-state index in [0.29, 0.717) is 0 Å². The van der Waals surface area contributed by atoms with E-state index in [-0.39, 0.29) is 0 Å². The molecule has 0 aliphatic carbocycles. The SMILES string of the molecule is O=c1ccn([C@H]2O[C@@H](COP(=O)(O)OP(=O)(O)O[C@H]3O[C@@H](CO)[C@@H](O)[C@@H](O)[C@H]3O)[C@@H](O)[C@@H]2O)c(=O)[nH]1. The minimum Gasteiger partial charge on any atom is -0.394 e. The Bertz CT molecular complexity index is 1120. The van der Waals surface area contributed by atoms with E-state index in [9.17, 15) is 54.0 Å². The highest BCUT2D eigenvalue weighted by Crippen LogP contribution is 2.61. The lowest BCUT2D eigenvalue weighted by Crippen LogP contribution is -2.58. The van der Waals surface area contributed by atoms with Crippen LogP contribution in [0.25, 0.3) is 0 Å². The van der Waals surface area contributed by atoms with Gasteiger partial charge in [0.05, 0.1) is 13.2 Å². The number of aliphatic hydroxyl groups is 6. The molecule has 9 N–H and O–H groups in total. The summed E-state index contributed by atoms with van der Waals surface area (Å²) in [6.07, 6.45) is -15.4. The van der Waals surface area contributed by atoms with Crippen molar-refractivity contribution >= 4 is 15.6 Å². The van der Waals surface area contributed by atoms with Crippen LogP contribution in [0.5, 0.6) is 0 Å². The number of rotatable bonds is 9. The molecule has 19 nitrogen and oxygen atoms in total. The van der Waals surface area contributed by atoms with Gasteiger partial charge in [0, 0.05) is 12.3 Å². The molecule has 11 atom stereocenters. The summed E-state index contributed by atoms with van der Waals surface area (Å²) in [6.45, 7) is -1.93. The van der Waals surface area contributed by atoms with Crippen molar-refractivity contribution in [1.82, 2.24) is 9.55 Å². The Balaban J connectivity index is 1.61. The van der Waals surface area contributed by atoms with Crippen LogP contribution in [0.3, 0.4) is 0 Å². The highest BCUT2D eigenvalue weighted by atomic mass is 31.3. The first kappa shape index (κ1) is 29.2. The first-order chi connectivity index (χ1) is 16.7. The summed E-state index contributed by atoms with van der Waals surface area (Å²) in [7, 11) is -11.1. The van der Waals surface area contributed by atoms with Crippen LogP contribution in [-0.4, -0.2) is 112 Å². The second-order valence-corrected chi connectivity index (χ2v) is 10.7. The first-order valence-corrected chi connectivity index (χ1v) is 13.0. The minimum absolute atomic E-state index is 0.723. The number of H-pyrrole nitrogens is 1. The molecular formula is C15H24N2O17P2. The van der Waals surface area contributed by atoms with Gasteiger partial charge in [0.25, 0.3) is 5.56 Å². The van der Waals surface area contributed by atoms with Crippen molar-refractivity contribution in [3.63, 3.8) is 0 Å². The molecule has 36 heavy (non-hydrogen) atoms. The maximum Gasteiger partial charge on any atom is 0.483 e. The Hall–Kier alpha value is -1.38. The number of nitrogens with zero attached hydrogens (tertiary/aromatic N) is 1. The quantitative estimate of drug-likeness (QED) is 0.127. The topological polar surface area (TPSA) is 297 Å². The molecule has 0 aromatic carbocycles. The van der Waals surface area contributed by atoms with E-state index in [0.717, 1.165) is 16.8 Å². The standard InChI is InChI=1S/C15H24N2O17P2/c18-3-5-8(20)10(22)12(24)14(32-5)33-36(28,29)34-35(26,27)30-4-6-9(21)11(23)13(31-6)17-2-1-7(19)16-15(17)25/h1-2,5-6,8-14,18,20-24H,3-4H2,(H,26,27)(H,28,29)(H,16,19,25)/t5-,6-,8+,9+,10+,11-,12+,13-,14+/m0/s1.